The van der Waals surface area contributed by atoms with E-state index < -0.39 is 0 Å². The quantitative estimate of drug-likeness (QED) is 0.199. The number of ether oxygens (including phenoxy) is 1. The predicted octanol–water partition coefficient (Wildman–Crippen LogP) is 6.64. The third-order valence-corrected chi connectivity index (χ3v) is 6.15. The van der Waals surface area contributed by atoms with Gasteiger partial charge in [-0.25, -0.2) is 9.67 Å². The molecule has 0 saturated heterocycles. The van der Waals surface area contributed by atoms with E-state index in [1.165, 1.54) is 5.56 Å². The average molecular weight is 654 g/mol. The molecule has 2 aromatic heterocycles. The van der Waals surface area contributed by atoms with Crippen LogP contribution in [-0.2, 0) is 21.1 Å². The minimum Gasteiger partial charge on any atom is -0.509 e. The van der Waals surface area contributed by atoms with E-state index in [4.69, 9.17) is 4.74 Å². The van der Waals surface area contributed by atoms with Crippen molar-refractivity contribution in [1.82, 2.24) is 14.8 Å². The maximum absolute atomic E-state index is 6.20. The molecular formula is C29H24N5OPt-3. The van der Waals surface area contributed by atoms with Crippen LogP contribution >= 0.6 is 0 Å². The second-order valence-corrected chi connectivity index (χ2v) is 8.87. The molecule has 7 heteroatoms. The number of hydrogen-bond donors (Lipinski definition) is 0. The Balaban J connectivity index is 0.00000267. The first-order chi connectivity index (χ1) is 17.1. The number of pyridine rings is 1. The minimum atomic E-state index is 0. The zero-order valence-corrected chi connectivity index (χ0v) is 22.4. The van der Waals surface area contributed by atoms with Crippen LogP contribution in [0.25, 0.3) is 16.7 Å². The average Bonchev–Trinajstić information content (AvgIpc) is 3.45. The number of rotatable bonds is 5. The van der Waals surface area contributed by atoms with Gasteiger partial charge in [0.2, 0.25) is 0 Å². The molecule has 184 valence electrons. The van der Waals surface area contributed by atoms with Crippen LogP contribution in [0.1, 0.15) is 25.3 Å². The van der Waals surface area contributed by atoms with Gasteiger partial charge in [0.15, 0.2) is 5.82 Å². The molecule has 0 atom stereocenters. The van der Waals surface area contributed by atoms with Crippen LogP contribution in [0.2, 0.25) is 0 Å². The fourth-order valence-corrected chi connectivity index (χ4v) is 4.28. The van der Waals surface area contributed by atoms with Crippen LogP contribution in [0.3, 0.4) is 0 Å². The zero-order valence-electron chi connectivity index (χ0n) is 20.1. The van der Waals surface area contributed by atoms with E-state index in [0.717, 1.165) is 33.8 Å². The molecule has 0 fully saturated rings. The molecule has 1 aliphatic rings. The molecule has 0 N–H and O–H groups in total. The molecule has 6 rings (SSSR count). The molecule has 1 aliphatic heterocycles. The number of anilines is 3. The van der Waals surface area contributed by atoms with Gasteiger partial charge in [0.1, 0.15) is 0 Å². The van der Waals surface area contributed by atoms with Gasteiger partial charge in [0, 0.05) is 56.3 Å². The molecule has 36 heavy (non-hydrogen) atoms. The minimum absolute atomic E-state index is 0. The summed E-state index contributed by atoms with van der Waals surface area (Å²) in [4.78, 5) is 8.74. The summed E-state index contributed by atoms with van der Waals surface area (Å²) in [6.45, 7) is 6.38. The van der Waals surface area contributed by atoms with Crippen molar-refractivity contribution in [2.45, 2.75) is 19.8 Å². The monoisotopic (exact) mass is 653 g/mol. The third kappa shape index (κ3) is 4.38. The first-order valence-corrected chi connectivity index (χ1v) is 11.6. The number of fused-ring (bicyclic) bond motifs is 2. The number of hydrogen-bond acceptors (Lipinski definition) is 5. The van der Waals surface area contributed by atoms with Gasteiger partial charge in [-0.1, -0.05) is 31.4 Å². The maximum Gasteiger partial charge on any atom is 0.151 e. The van der Waals surface area contributed by atoms with Gasteiger partial charge in [0.25, 0.3) is 0 Å². The summed E-state index contributed by atoms with van der Waals surface area (Å²) >= 11 is 0. The van der Waals surface area contributed by atoms with Crippen LogP contribution in [0, 0.1) is 18.8 Å². The van der Waals surface area contributed by atoms with Gasteiger partial charge in [-0.3, -0.25) is 0 Å². The predicted molar refractivity (Wildman–Crippen MR) is 138 cm³/mol. The second kappa shape index (κ2) is 9.79. The molecule has 5 aromatic rings. The molecule has 0 bridgehead atoms. The Labute approximate surface area is 225 Å². The first kappa shape index (κ1) is 24.1. The zero-order chi connectivity index (χ0) is 23.9. The van der Waals surface area contributed by atoms with Gasteiger partial charge in [-0.2, -0.15) is 23.9 Å². The van der Waals surface area contributed by atoms with Crippen LogP contribution < -0.4 is 14.5 Å². The molecule has 0 saturated carbocycles. The molecule has 0 unspecified atom stereocenters. The summed E-state index contributed by atoms with van der Waals surface area (Å²) in [6.07, 6.45) is 3.65. The van der Waals surface area contributed by atoms with Gasteiger partial charge in [-0.05, 0) is 48.3 Å². The fraction of sp³-hybridized carbons (Fsp3) is 0.138. The standard InChI is InChI=1S/C29H24N5O.Pt/c1-20(2)21-13-14-30-29(15-21)34-28-17-25(12-11-22(28)18-31-34)35-24-8-6-7-23(16-24)33-19-32(3)26-9-4-5-10-27(26)33;/h4-15,18-20H,1-3H3;/q-3;. The van der Waals surface area contributed by atoms with Gasteiger partial charge in [-0.15, -0.1) is 36.0 Å². The van der Waals surface area contributed by atoms with E-state index in [-0.39, 0.29) is 21.1 Å². The van der Waals surface area contributed by atoms with Crippen LogP contribution in [0.5, 0.6) is 11.5 Å². The summed E-state index contributed by atoms with van der Waals surface area (Å²) < 4.78 is 8.00. The third-order valence-electron chi connectivity index (χ3n) is 6.15. The Morgan fingerprint density at radius 3 is 2.56 bits per heavy atom. The Kier molecular flexibility index (Phi) is 6.55. The van der Waals surface area contributed by atoms with E-state index in [2.05, 4.69) is 70.7 Å². The summed E-state index contributed by atoms with van der Waals surface area (Å²) in [5.41, 5.74) is 5.19. The van der Waals surface area contributed by atoms with E-state index >= 15 is 0 Å². The first-order valence-electron chi connectivity index (χ1n) is 11.6. The molecule has 0 spiro atoms. The van der Waals surface area contributed by atoms with E-state index in [1.54, 1.807) is 4.68 Å². The fourth-order valence-electron chi connectivity index (χ4n) is 4.28. The smallest absolute Gasteiger partial charge is 0.151 e. The van der Waals surface area contributed by atoms with Crippen LogP contribution in [-0.4, -0.2) is 21.8 Å². The summed E-state index contributed by atoms with van der Waals surface area (Å²) in [7, 11) is 2.04. The van der Waals surface area contributed by atoms with Crippen molar-refractivity contribution in [2.24, 2.45) is 0 Å². The Bertz CT molecular complexity index is 1530. The number of para-hydroxylation sites is 2. The van der Waals surface area contributed by atoms with E-state index in [9.17, 15) is 0 Å². The Morgan fingerprint density at radius 2 is 1.72 bits per heavy atom. The van der Waals surface area contributed by atoms with Gasteiger partial charge in [0.05, 0.1) is 0 Å². The maximum atomic E-state index is 6.20. The van der Waals surface area contributed by atoms with Crippen LogP contribution in [0.15, 0.2) is 79.1 Å². The number of nitrogens with zero attached hydrogens (tertiary/aromatic N) is 5. The molecule has 0 radical (unpaired) electrons. The molecule has 3 heterocycles. The van der Waals surface area contributed by atoms with Crippen molar-refractivity contribution < 1.29 is 25.8 Å². The largest absolute Gasteiger partial charge is 0.509 e. The van der Waals surface area contributed by atoms with Crippen molar-refractivity contribution >= 4 is 28.0 Å². The molecular weight excluding hydrogens is 629 g/mol. The SMILES string of the molecule is CC(C)c1ccnc(-n2ncc3ccc(Oc4[c-]c(N5[CH-]N(C)c6ccccc65)ccc4)[c-]c32)c1.[Pt]. The van der Waals surface area contributed by atoms with Gasteiger partial charge >= 0.3 is 0 Å². The van der Waals surface area contributed by atoms with Crippen molar-refractivity contribution in [2.75, 3.05) is 16.8 Å². The second-order valence-electron chi connectivity index (χ2n) is 8.87. The van der Waals surface area contributed by atoms with E-state index in [1.807, 2.05) is 68.0 Å². The molecule has 3 aromatic carbocycles. The topological polar surface area (TPSA) is 46.4 Å². The van der Waals surface area contributed by atoms with Crippen molar-refractivity contribution in [3.05, 3.63) is 103 Å². The van der Waals surface area contributed by atoms with Crippen molar-refractivity contribution in [3.8, 4) is 17.3 Å². The Hall–Kier alpha value is -3.63. The summed E-state index contributed by atoms with van der Waals surface area (Å²) in [6, 6.07) is 28.9. The number of benzene rings is 3. The molecule has 6 nitrogen and oxygen atoms in total. The molecule has 0 aliphatic carbocycles. The summed E-state index contributed by atoms with van der Waals surface area (Å²) in [5.74, 6) is 2.38. The normalized spacial score (nSPS) is 12.7. The molecule has 0 amide bonds. The Morgan fingerprint density at radius 1 is 0.917 bits per heavy atom. The van der Waals surface area contributed by atoms with E-state index in [0.29, 0.717) is 17.4 Å². The summed E-state index contributed by atoms with van der Waals surface area (Å²) in [5, 5.41) is 5.52. The van der Waals surface area contributed by atoms with Crippen LogP contribution in [0.4, 0.5) is 17.1 Å². The number of aromatic nitrogens is 3. The van der Waals surface area contributed by atoms with Crippen molar-refractivity contribution in [1.29, 1.82) is 0 Å². The van der Waals surface area contributed by atoms with Crippen molar-refractivity contribution in [3.63, 3.8) is 0 Å². The van der Waals surface area contributed by atoms with Gasteiger partial charge < -0.3 is 14.5 Å².